The minimum absolute atomic E-state index is 0.00410. The van der Waals surface area contributed by atoms with Crippen molar-refractivity contribution < 1.29 is 22.7 Å². The van der Waals surface area contributed by atoms with Crippen LogP contribution in [-0.4, -0.2) is 77.2 Å². The number of nitrogens with zero attached hydrogens (tertiary/aromatic N) is 2. The third-order valence-corrected chi connectivity index (χ3v) is 29.2. The molecular formula is C53H72N2O5SSn. The van der Waals surface area contributed by atoms with Gasteiger partial charge in [-0.25, -0.2) is 0 Å². The molecule has 1 saturated heterocycles. The summed E-state index contributed by atoms with van der Waals surface area (Å²) in [6.07, 6.45) is 5.33. The van der Waals surface area contributed by atoms with Crippen LogP contribution in [-0.2, 0) is 19.5 Å². The molecule has 1 aliphatic heterocycles. The van der Waals surface area contributed by atoms with Crippen molar-refractivity contribution in [2.45, 2.75) is 159 Å². The molecule has 0 bridgehead atoms. The number of rotatable bonds is 15. The Morgan fingerprint density at radius 2 is 1.24 bits per heavy atom. The molecule has 1 saturated carbocycles. The zero-order chi connectivity index (χ0) is 44.9. The van der Waals surface area contributed by atoms with Crippen LogP contribution < -0.4 is 10.7 Å². The fourth-order valence-electron chi connectivity index (χ4n) is 10.1. The Morgan fingerprint density at radius 1 is 0.758 bits per heavy atom. The molecular weight excluding hydrogens is 895 g/mol. The first-order chi connectivity index (χ1) is 29.5. The van der Waals surface area contributed by atoms with Gasteiger partial charge in [0.25, 0.3) is 0 Å². The Morgan fingerprint density at radius 3 is 1.66 bits per heavy atom. The van der Waals surface area contributed by atoms with E-state index in [9.17, 15) is 4.79 Å². The summed E-state index contributed by atoms with van der Waals surface area (Å²) in [6.45, 7) is 23.3. The van der Waals surface area contributed by atoms with E-state index in [1.807, 2.05) is 32.6 Å². The molecule has 0 aromatic heterocycles. The second kappa shape index (κ2) is 20.6. The summed E-state index contributed by atoms with van der Waals surface area (Å²) in [5, 5.41) is 0. The molecule has 7 nitrogen and oxygen atoms in total. The van der Waals surface area contributed by atoms with Crippen molar-refractivity contribution in [3.8, 4) is 0 Å². The molecule has 0 N–H and O–H groups in total. The number of hydrogen-bond donors (Lipinski definition) is 0. The van der Waals surface area contributed by atoms with Gasteiger partial charge in [0.15, 0.2) is 0 Å². The van der Waals surface area contributed by atoms with E-state index in [1.165, 1.54) is 10.7 Å². The van der Waals surface area contributed by atoms with Gasteiger partial charge in [0.2, 0.25) is 0 Å². The average Bonchev–Trinajstić information content (AvgIpc) is 3.70. The number of benzene rings is 4. The fourth-order valence-corrected chi connectivity index (χ4v) is 26.5. The summed E-state index contributed by atoms with van der Waals surface area (Å²) >= 11 is -4.47. The number of sulfonamides is 1. The van der Waals surface area contributed by atoms with Crippen LogP contribution in [0.3, 0.4) is 0 Å². The molecule has 4 aromatic rings. The average molecular weight is 968 g/mol. The predicted molar refractivity (Wildman–Crippen MR) is 258 cm³/mol. The number of carbonyl (C=O) groups excluding carboxylic acids is 1. The van der Waals surface area contributed by atoms with E-state index in [2.05, 4.69) is 158 Å². The molecule has 0 radical (unpaired) electrons. The quantitative estimate of drug-likeness (QED) is 0.0876. The molecule has 2 fully saturated rings. The Kier molecular flexibility index (Phi) is 16.0. The fraction of sp³-hybridized carbons (Fsp3) is 0.491. The Hall–Kier alpha value is -3.44. The SMILES string of the molecule is CC[C@@H]1CO[C@H]([C@@H]2CCCC/C2=C\[C@@H](OC(=O)N(C(C)C)C(C)C)[Sn]([c]2ccccc2)([c]2ccccc2)[c]2ccccc2)N1S(=O)(=O)c1c(C(C)C)cc(C(C)C)cc1C(C)C. The van der Waals surface area contributed by atoms with Gasteiger partial charge in [-0.05, 0) is 0 Å². The van der Waals surface area contributed by atoms with Gasteiger partial charge in [-0.1, -0.05) is 13.8 Å². The van der Waals surface area contributed by atoms with E-state index >= 15 is 8.42 Å². The molecule has 4 atom stereocenters. The van der Waals surface area contributed by atoms with Crippen LogP contribution in [0.2, 0.25) is 0 Å². The zero-order valence-corrected chi connectivity index (χ0v) is 42.8. The zero-order valence-electron chi connectivity index (χ0n) is 39.2. The van der Waals surface area contributed by atoms with Crippen molar-refractivity contribution in [2.75, 3.05) is 6.61 Å². The molecule has 2 aliphatic rings. The van der Waals surface area contributed by atoms with Crippen molar-refractivity contribution in [3.05, 3.63) is 131 Å². The summed E-state index contributed by atoms with van der Waals surface area (Å²) in [5.74, 6) is 0.0426. The molecule has 0 spiro atoms. The molecule has 4 aromatic carbocycles. The van der Waals surface area contributed by atoms with E-state index in [1.54, 1.807) is 4.31 Å². The van der Waals surface area contributed by atoms with E-state index in [4.69, 9.17) is 9.47 Å². The van der Waals surface area contributed by atoms with Gasteiger partial charge in [-0.2, -0.15) is 0 Å². The van der Waals surface area contributed by atoms with Crippen LogP contribution >= 0.6 is 0 Å². The molecule has 1 aliphatic carbocycles. The van der Waals surface area contributed by atoms with E-state index in [0.29, 0.717) is 17.9 Å². The number of hydrogen-bond acceptors (Lipinski definition) is 5. The molecule has 334 valence electrons. The van der Waals surface area contributed by atoms with E-state index < -0.39 is 38.7 Å². The number of carbonyl (C=O) groups is 1. The van der Waals surface area contributed by atoms with Crippen molar-refractivity contribution in [2.24, 2.45) is 5.92 Å². The summed E-state index contributed by atoms with van der Waals surface area (Å²) < 4.78 is 50.2. The molecule has 0 unspecified atom stereocenters. The number of amides is 1. The second-order valence-corrected chi connectivity index (χ2v) is 32.0. The maximum absolute atomic E-state index is 15.7. The number of ether oxygens (including phenoxy) is 2. The van der Waals surface area contributed by atoms with E-state index in [0.717, 1.165) is 47.9 Å². The van der Waals surface area contributed by atoms with Gasteiger partial charge in [0.05, 0.1) is 0 Å². The summed E-state index contributed by atoms with van der Waals surface area (Å²) in [4.78, 5) is 17.1. The first-order valence-corrected chi connectivity index (χ1v) is 30.6. The Bertz CT molecular complexity index is 2110. The third-order valence-electron chi connectivity index (χ3n) is 13.2. The standard InChI is InChI=1S/C35H57N2O5S.3C6H5.Sn/c1-12-29-21-42-34(30-16-14-13-15-27(30)17-18-41-35(38)36(25(8)9)26(10)11)37(29)43(39,40)33-31(23(4)5)19-28(22(2)3)20-32(33)24(6)7;3*1-2-4-6-5-3-1;/h17-20,22-26,29-30,34H,12-16,21H2,1-11H3;3*1-5H;/b27-17+;;;;/t29-,30-,34-;;;;/m1..../s1. The first kappa shape index (κ1) is 48.0. The van der Waals surface area contributed by atoms with Crippen molar-refractivity contribution >= 4 is 45.2 Å². The van der Waals surface area contributed by atoms with Crippen LogP contribution in [0.1, 0.15) is 143 Å². The van der Waals surface area contributed by atoms with Crippen LogP contribution in [0.25, 0.3) is 0 Å². The van der Waals surface area contributed by atoms with Crippen molar-refractivity contribution in [3.63, 3.8) is 0 Å². The monoisotopic (exact) mass is 968 g/mol. The summed E-state index contributed by atoms with van der Waals surface area (Å²) in [5.41, 5.74) is 4.02. The van der Waals surface area contributed by atoms with Gasteiger partial charge >= 0.3 is 367 Å². The normalized spacial score (nSPS) is 20.2. The van der Waals surface area contributed by atoms with Crippen LogP contribution in [0.15, 0.2) is 120 Å². The van der Waals surface area contributed by atoms with Crippen molar-refractivity contribution in [1.82, 2.24) is 9.21 Å². The van der Waals surface area contributed by atoms with Gasteiger partial charge in [-0.15, -0.1) is 0 Å². The van der Waals surface area contributed by atoms with Crippen LogP contribution in [0.5, 0.6) is 0 Å². The Balaban J connectivity index is 1.60. The van der Waals surface area contributed by atoms with Gasteiger partial charge in [0, 0.05) is 0 Å². The van der Waals surface area contributed by atoms with Gasteiger partial charge < -0.3 is 0 Å². The van der Waals surface area contributed by atoms with Crippen LogP contribution in [0.4, 0.5) is 4.79 Å². The Labute approximate surface area is 378 Å². The first-order valence-electron chi connectivity index (χ1n) is 23.2. The molecule has 1 heterocycles. The van der Waals surface area contributed by atoms with Crippen LogP contribution in [0, 0.1) is 5.92 Å². The second-order valence-electron chi connectivity index (χ2n) is 19.0. The third kappa shape index (κ3) is 9.64. The predicted octanol–water partition coefficient (Wildman–Crippen LogP) is 10.6. The van der Waals surface area contributed by atoms with E-state index in [-0.39, 0.29) is 47.9 Å². The topological polar surface area (TPSA) is 76.2 Å². The van der Waals surface area contributed by atoms with Gasteiger partial charge in [-0.3, -0.25) is 0 Å². The summed E-state index contributed by atoms with van der Waals surface area (Å²) in [7, 11) is -4.05. The molecule has 62 heavy (non-hydrogen) atoms. The van der Waals surface area contributed by atoms with Gasteiger partial charge in [0.1, 0.15) is 0 Å². The van der Waals surface area contributed by atoms with Crippen molar-refractivity contribution in [1.29, 1.82) is 0 Å². The molecule has 1 amide bonds. The maximum atomic E-state index is 15.7. The molecule has 9 heteroatoms. The molecule has 6 rings (SSSR count). The minimum atomic E-state index is -4.47. The summed E-state index contributed by atoms with van der Waals surface area (Å²) in [6, 6.07) is 35.9.